The van der Waals surface area contributed by atoms with Crippen molar-refractivity contribution in [1.82, 2.24) is 0 Å². The van der Waals surface area contributed by atoms with E-state index < -0.39 is 62.5 Å². The van der Waals surface area contributed by atoms with E-state index in [4.69, 9.17) is 23.1 Å². The number of esters is 1. The van der Waals surface area contributed by atoms with Gasteiger partial charge in [0.25, 0.3) is 0 Å². The zero-order valence-electron chi connectivity index (χ0n) is 32.0. The summed E-state index contributed by atoms with van der Waals surface area (Å²) in [6.45, 7) is 25.5. The van der Waals surface area contributed by atoms with E-state index in [1.807, 2.05) is 19.9 Å². The lowest BCUT2D eigenvalue weighted by molar-refractivity contribution is -0.288. The van der Waals surface area contributed by atoms with E-state index in [0.717, 1.165) is 0 Å². The summed E-state index contributed by atoms with van der Waals surface area (Å²) in [7, 11) is -5.21. The Labute approximate surface area is 293 Å². The lowest BCUT2D eigenvalue weighted by Gasteiger charge is -2.51. The summed E-state index contributed by atoms with van der Waals surface area (Å²) >= 11 is 0. The average molecular weight is 729 g/mol. The lowest BCUT2D eigenvalue weighted by atomic mass is 9.79. The summed E-state index contributed by atoms with van der Waals surface area (Å²) in [6, 6.07) is 8.45. The Bertz CT molecular complexity index is 1320. The molecule has 1 heterocycles. The van der Waals surface area contributed by atoms with E-state index in [1.54, 1.807) is 43.5 Å². The van der Waals surface area contributed by atoms with E-state index >= 15 is 0 Å². The largest absolute Gasteiger partial charge is 0.469 e. The molecule has 1 saturated heterocycles. The highest BCUT2D eigenvalue weighted by Crippen LogP contribution is 2.45. The van der Waals surface area contributed by atoms with E-state index in [0.29, 0.717) is 6.42 Å². The van der Waals surface area contributed by atoms with Crippen LogP contribution in [-0.2, 0) is 37.7 Å². The van der Waals surface area contributed by atoms with Crippen molar-refractivity contribution >= 4 is 32.4 Å². The molecule has 12 heteroatoms. The van der Waals surface area contributed by atoms with E-state index in [2.05, 4.69) is 67.7 Å². The fraction of sp³-hybridized carbons (Fsp3) is 0.750. The summed E-state index contributed by atoms with van der Waals surface area (Å²) in [5.41, 5.74) is 0. The first-order valence-corrected chi connectivity index (χ1v) is 24.6. The van der Waals surface area contributed by atoms with Gasteiger partial charge in [-0.05, 0) is 67.3 Å². The van der Waals surface area contributed by atoms with Crippen molar-refractivity contribution in [2.24, 2.45) is 11.8 Å². The second kappa shape index (κ2) is 16.3. The SMILES string of the molecule is COC(=O)C[C@H]1O[C@@](O)(/C=C/C[C@H](OC)[C@H](CCS(=O)(=O)c2ccccc2)O[Si](C)(C)C(C)(C)C)[C@H](C)[C@@H](O[Si](C)(C)C(C)(C)C)[C@H]1C. The molecule has 1 fully saturated rings. The second-order valence-electron chi connectivity index (χ2n) is 16.4. The summed E-state index contributed by atoms with van der Waals surface area (Å²) in [5.74, 6) is -2.88. The summed E-state index contributed by atoms with van der Waals surface area (Å²) in [5, 5.41) is 11.9. The number of hydrogen-bond donors (Lipinski definition) is 1. The molecule has 1 aromatic carbocycles. The average Bonchev–Trinajstić information content (AvgIpc) is 2.98. The molecule has 1 aliphatic rings. The molecule has 0 spiro atoms. The van der Waals surface area contributed by atoms with Crippen molar-refractivity contribution in [3.63, 3.8) is 0 Å². The Kier molecular flexibility index (Phi) is 14.5. The Morgan fingerprint density at radius 1 is 0.979 bits per heavy atom. The van der Waals surface area contributed by atoms with Crippen LogP contribution >= 0.6 is 0 Å². The van der Waals surface area contributed by atoms with Crippen LogP contribution in [0.25, 0.3) is 0 Å². The quantitative estimate of drug-likeness (QED) is 0.111. The van der Waals surface area contributed by atoms with Gasteiger partial charge < -0.3 is 28.2 Å². The molecule has 0 radical (unpaired) electrons. The Hall–Kier alpha value is -1.39. The van der Waals surface area contributed by atoms with Crippen LogP contribution < -0.4 is 0 Å². The van der Waals surface area contributed by atoms with Crippen molar-refractivity contribution < 1.29 is 41.4 Å². The van der Waals surface area contributed by atoms with Crippen LogP contribution in [0.3, 0.4) is 0 Å². The van der Waals surface area contributed by atoms with Crippen LogP contribution in [-0.4, -0.2) is 86.3 Å². The summed E-state index contributed by atoms with van der Waals surface area (Å²) in [4.78, 5) is 12.7. The number of aliphatic hydroxyl groups is 1. The van der Waals surface area contributed by atoms with Gasteiger partial charge in [-0.3, -0.25) is 4.79 Å². The number of benzene rings is 1. The third-order valence-electron chi connectivity index (χ3n) is 10.9. The smallest absolute Gasteiger partial charge is 0.308 e. The van der Waals surface area contributed by atoms with E-state index in [1.165, 1.54) is 7.11 Å². The summed E-state index contributed by atoms with van der Waals surface area (Å²) < 4.78 is 57.5. The maximum Gasteiger partial charge on any atom is 0.308 e. The molecular weight excluding hydrogens is 665 g/mol. The highest BCUT2D eigenvalue weighted by molar-refractivity contribution is 7.91. The van der Waals surface area contributed by atoms with Crippen molar-refractivity contribution in [3.8, 4) is 0 Å². The van der Waals surface area contributed by atoms with Crippen LogP contribution in [0.4, 0.5) is 0 Å². The highest BCUT2D eigenvalue weighted by Gasteiger charge is 2.53. The third-order valence-corrected chi connectivity index (χ3v) is 21.6. The molecule has 0 amide bonds. The molecule has 276 valence electrons. The van der Waals surface area contributed by atoms with Crippen molar-refractivity contribution in [2.75, 3.05) is 20.0 Å². The fourth-order valence-corrected chi connectivity index (χ4v) is 9.60. The van der Waals surface area contributed by atoms with Gasteiger partial charge in [0.05, 0.1) is 48.6 Å². The van der Waals surface area contributed by atoms with Gasteiger partial charge in [-0.15, -0.1) is 0 Å². The van der Waals surface area contributed by atoms with Gasteiger partial charge in [-0.1, -0.05) is 79.7 Å². The molecule has 9 nitrogen and oxygen atoms in total. The molecule has 0 saturated carbocycles. The molecule has 0 unspecified atom stereocenters. The van der Waals surface area contributed by atoms with Crippen LogP contribution in [0.2, 0.25) is 36.3 Å². The Balaban J connectivity index is 2.42. The monoisotopic (exact) mass is 728 g/mol. The van der Waals surface area contributed by atoms with Crippen molar-refractivity contribution in [2.45, 2.75) is 146 Å². The second-order valence-corrected chi connectivity index (χ2v) is 28.1. The number of hydrogen-bond acceptors (Lipinski definition) is 9. The number of rotatable bonds is 15. The van der Waals surface area contributed by atoms with Crippen LogP contribution in [0.5, 0.6) is 0 Å². The predicted molar refractivity (Wildman–Crippen MR) is 197 cm³/mol. The maximum atomic E-state index is 13.3. The molecule has 0 aliphatic carbocycles. The van der Waals surface area contributed by atoms with Gasteiger partial charge >= 0.3 is 5.97 Å². The number of ether oxygens (including phenoxy) is 3. The van der Waals surface area contributed by atoms with E-state index in [-0.39, 0.29) is 45.6 Å². The molecule has 2 rings (SSSR count). The lowest BCUT2D eigenvalue weighted by Crippen LogP contribution is -2.60. The Morgan fingerprint density at radius 2 is 1.54 bits per heavy atom. The minimum absolute atomic E-state index is 0.0170. The van der Waals surface area contributed by atoms with Crippen LogP contribution in [0, 0.1) is 11.8 Å². The first-order chi connectivity index (χ1) is 21.8. The van der Waals surface area contributed by atoms with Gasteiger partial charge in [-0.2, -0.15) is 0 Å². The maximum absolute atomic E-state index is 13.3. The predicted octanol–water partition coefficient (Wildman–Crippen LogP) is 7.52. The fourth-order valence-electron chi connectivity index (χ4n) is 5.42. The normalized spacial score (nSPS) is 26.0. The number of carbonyl (C=O) groups is 1. The third kappa shape index (κ3) is 10.8. The first-order valence-electron chi connectivity index (χ1n) is 17.1. The van der Waals surface area contributed by atoms with E-state index in [9.17, 15) is 18.3 Å². The minimum Gasteiger partial charge on any atom is -0.469 e. The van der Waals surface area contributed by atoms with Crippen LogP contribution in [0.1, 0.15) is 74.7 Å². The standard InChI is InChI=1S/C36H64O9SSi2/c1-26-31(25-32(37)42-10)43-36(38,27(2)33(26)45-48(13,14)35(6,7)8)23-18-21-29(41-9)30(44-47(11,12)34(3,4)5)22-24-46(39,40)28-19-16-15-17-20-28/h15-20,23,26-27,29-31,33,38H,21-22,24-25H2,1-14H3/b23-18+/t26-,27+,29-,30-,31+,33-,36-/m0/s1. The molecule has 1 N–H and O–H groups in total. The molecule has 7 atom stereocenters. The minimum atomic E-state index is -3.54. The first kappa shape index (κ1) is 42.8. The van der Waals surface area contributed by atoms with Gasteiger partial charge in [0.15, 0.2) is 32.3 Å². The molecule has 0 bridgehead atoms. The zero-order valence-corrected chi connectivity index (χ0v) is 34.8. The van der Waals surface area contributed by atoms with Gasteiger partial charge in [-0.25, -0.2) is 8.42 Å². The highest BCUT2D eigenvalue weighted by atomic mass is 32.2. The van der Waals surface area contributed by atoms with Gasteiger partial charge in [0.1, 0.15) is 0 Å². The van der Waals surface area contributed by atoms with Crippen LogP contribution in [0.15, 0.2) is 47.4 Å². The number of methoxy groups -OCH3 is 2. The van der Waals surface area contributed by atoms with Gasteiger partial charge in [0, 0.05) is 18.9 Å². The molecule has 1 aromatic rings. The topological polar surface area (TPSA) is 118 Å². The van der Waals surface area contributed by atoms with Gasteiger partial charge in [0.2, 0.25) is 0 Å². The molecule has 1 aliphatic heterocycles. The van der Waals surface area contributed by atoms with Crippen molar-refractivity contribution in [3.05, 3.63) is 42.5 Å². The molecule has 0 aromatic heterocycles. The molecular formula is C36H64O9SSi2. The van der Waals surface area contributed by atoms with Crippen molar-refractivity contribution in [1.29, 1.82) is 0 Å². The zero-order chi connectivity index (χ0) is 36.9. The number of sulfone groups is 1. The molecule has 48 heavy (non-hydrogen) atoms. The summed E-state index contributed by atoms with van der Waals surface area (Å²) in [6.07, 6.45) is 2.00. The number of carbonyl (C=O) groups excluding carboxylic acids is 1. The Morgan fingerprint density at radius 3 is 2.04 bits per heavy atom.